The number of hydrogen-bond donors (Lipinski definition) is 2. The lowest BCUT2D eigenvalue weighted by Gasteiger charge is -2.35. The Bertz CT molecular complexity index is 1400. The first-order valence-corrected chi connectivity index (χ1v) is 15.5. The molecule has 2 aromatic carbocycles. The standard InChI is InChI=1S/C35H47N3O2S/c1-22(2)24-12-11-13-26(18-24)35(9,10)37-32(40)38-16-14-23(15-17-38)31-36-29(21-41-31)25-19-27(33(3,4)5)30(39)28(20-25)34(6,7)8/h11-13,18-21,23,39H,1,14-17H2,2-10H3,(H,37,40). The lowest BCUT2D eigenvalue weighted by Crippen LogP contribution is -2.50. The van der Waals surface area contributed by atoms with Gasteiger partial charge in [-0.15, -0.1) is 11.3 Å². The lowest BCUT2D eigenvalue weighted by atomic mass is 9.78. The van der Waals surface area contributed by atoms with E-state index < -0.39 is 5.54 Å². The maximum absolute atomic E-state index is 13.3. The second-order valence-corrected chi connectivity index (χ2v) is 15.1. The number of carbonyl (C=O) groups is 1. The second-order valence-electron chi connectivity index (χ2n) is 14.2. The van der Waals surface area contributed by atoms with E-state index in [1.54, 1.807) is 11.3 Å². The lowest BCUT2D eigenvalue weighted by molar-refractivity contribution is 0.171. The van der Waals surface area contributed by atoms with Gasteiger partial charge < -0.3 is 15.3 Å². The number of nitrogens with one attached hydrogen (secondary N) is 1. The third-order valence-corrected chi connectivity index (χ3v) is 9.18. The van der Waals surface area contributed by atoms with Crippen LogP contribution in [0.2, 0.25) is 0 Å². The summed E-state index contributed by atoms with van der Waals surface area (Å²) < 4.78 is 0. The average molecular weight is 574 g/mol. The number of benzene rings is 2. The molecular weight excluding hydrogens is 526 g/mol. The fraction of sp³-hybridized carbons (Fsp3) is 0.486. The number of aromatic hydroxyl groups is 1. The summed E-state index contributed by atoms with van der Waals surface area (Å²) in [5.74, 6) is 0.723. The number of hydrogen-bond acceptors (Lipinski definition) is 4. The van der Waals surface area contributed by atoms with Gasteiger partial charge in [0.15, 0.2) is 0 Å². The van der Waals surface area contributed by atoms with Crippen LogP contribution >= 0.6 is 11.3 Å². The zero-order valence-corrected chi connectivity index (χ0v) is 27.1. The predicted molar refractivity (Wildman–Crippen MR) is 173 cm³/mol. The van der Waals surface area contributed by atoms with Crippen LogP contribution in [-0.2, 0) is 16.4 Å². The minimum Gasteiger partial charge on any atom is -0.507 e. The Balaban J connectivity index is 1.46. The molecule has 0 radical (unpaired) electrons. The van der Waals surface area contributed by atoms with Crippen LogP contribution in [0.1, 0.15) is 108 Å². The average Bonchev–Trinajstić information content (AvgIpc) is 3.38. The Hall–Kier alpha value is -3.12. The highest BCUT2D eigenvalue weighted by atomic mass is 32.1. The molecule has 0 atom stereocenters. The van der Waals surface area contributed by atoms with Gasteiger partial charge in [-0.2, -0.15) is 0 Å². The van der Waals surface area contributed by atoms with Crippen LogP contribution in [0.15, 0.2) is 48.4 Å². The Morgan fingerprint density at radius 2 is 1.59 bits per heavy atom. The quantitative estimate of drug-likeness (QED) is 0.320. The van der Waals surface area contributed by atoms with Gasteiger partial charge in [0.1, 0.15) is 5.75 Å². The molecule has 1 aliphatic rings. The molecule has 2 N–H and O–H groups in total. The van der Waals surface area contributed by atoms with Crippen molar-refractivity contribution in [2.45, 2.75) is 97.4 Å². The number of thiazole rings is 1. The van der Waals surface area contributed by atoms with Gasteiger partial charge in [-0.05, 0) is 73.8 Å². The Morgan fingerprint density at radius 3 is 2.12 bits per heavy atom. The van der Waals surface area contributed by atoms with E-state index in [0.717, 1.165) is 56.9 Å². The SMILES string of the molecule is C=C(C)c1cccc(C(C)(C)NC(=O)N2CCC(c3nc(-c4cc(C(C)(C)C)c(O)c(C(C)(C)C)c4)cs3)CC2)c1. The number of carbonyl (C=O) groups excluding carboxylic acids is 1. The maximum Gasteiger partial charge on any atom is 0.318 e. The van der Waals surface area contributed by atoms with Crippen molar-refractivity contribution < 1.29 is 9.90 Å². The van der Waals surface area contributed by atoms with E-state index in [-0.39, 0.29) is 16.9 Å². The number of aromatic nitrogens is 1. The van der Waals surface area contributed by atoms with Gasteiger partial charge >= 0.3 is 6.03 Å². The van der Waals surface area contributed by atoms with Gasteiger partial charge in [0.25, 0.3) is 0 Å². The summed E-state index contributed by atoms with van der Waals surface area (Å²) >= 11 is 1.70. The maximum atomic E-state index is 13.3. The number of piperidine rings is 1. The molecule has 6 heteroatoms. The molecule has 2 heterocycles. The molecule has 0 aliphatic carbocycles. The van der Waals surface area contributed by atoms with Gasteiger partial charge in [-0.3, -0.25) is 0 Å². The summed E-state index contributed by atoms with van der Waals surface area (Å²) in [6, 6.07) is 12.4. The second kappa shape index (κ2) is 11.3. The van der Waals surface area contributed by atoms with E-state index >= 15 is 0 Å². The van der Waals surface area contributed by atoms with Crippen molar-refractivity contribution >= 4 is 22.9 Å². The molecule has 1 aromatic heterocycles. The van der Waals surface area contributed by atoms with Crippen LogP contribution < -0.4 is 5.32 Å². The molecule has 5 nitrogen and oxygen atoms in total. The first kappa shape index (κ1) is 30.8. The normalized spacial score (nSPS) is 15.2. The molecule has 1 aliphatic heterocycles. The highest BCUT2D eigenvalue weighted by Gasteiger charge is 2.31. The number of amides is 2. The zero-order chi connectivity index (χ0) is 30.3. The van der Waals surface area contributed by atoms with Crippen molar-refractivity contribution in [3.63, 3.8) is 0 Å². The topological polar surface area (TPSA) is 65.5 Å². The van der Waals surface area contributed by atoms with E-state index in [0.29, 0.717) is 24.8 Å². The molecule has 0 spiro atoms. The van der Waals surface area contributed by atoms with E-state index in [1.807, 2.05) is 37.8 Å². The summed E-state index contributed by atoms with van der Waals surface area (Å²) in [6.07, 6.45) is 1.78. The number of nitrogens with zero attached hydrogens (tertiary/aromatic N) is 2. The largest absolute Gasteiger partial charge is 0.507 e. The number of phenols is 1. The number of likely N-dealkylation sites (tertiary alicyclic amines) is 1. The van der Waals surface area contributed by atoms with Gasteiger partial charge in [0.05, 0.1) is 16.2 Å². The van der Waals surface area contributed by atoms with E-state index in [2.05, 4.69) is 83.1 Å². The third-order valence-electron chi connectivity index (χ3n) is 8.17. The van der Waals surface area contributed by atoms with Crippen LogP contribution in [0.4, 0.5) is 4.79 Å². The molecule has 41 heavy (non-hydrogen) atoms. The molecule has 2 amide bonds. The predicted octanol–water partition coefficient (Wildman–Crippen LogP) is 8.97. The van der Waals surface area contributed by atoms with Gasteiger partial charge in [0.2, 0.25) is 0 Å². The molecular formula is C35H47N3O2S. The molecule has 1 saturated heterocycles. The highest BCUT2D eigenvalue weighted by molar-refractivity contribution is 7.10. The van der Waals surface area contributed by atoms with Crippen molar-refractivity contribution in [1.29, 1.82) is 0 Å². The molecule has 0 bridgehead atoms. The van der Waals surface area contributed by atoms with Crippen LogP contribution in [0.25, 0.3) is 16.8 Å². The summed E-state index contributed by atoms with van der Waals surface area (Å²) in [6.45, 7) is 24.4. The number of allylic oxidation sites excluding steroid dienone is 1. The smallest absolute Gasteiger partial charge is 0.318 e. The molecule has 4 rings (SSSR count). The first-order chi connectivity index (χ1) is 19.0. The van der Waals surface area contributed by atoms with Crippen LogP contribution in [0.5, 0.6) is 5.75 Å². The van der Waals surface area contributed by atoms with Crippen molar-refractivity contribution in [1.82, 2.24) is 15.2 Å². The Morgan fingerprint density at radius 1 is 1.00 bits per heavy atom. The fourth-order valence-electron chi connectivity index (χ4n) is 5.45. The molecule has 0 saturated carbocycles. The van der Waals surface area contributed by atoms with Gasteiger partial charge in [0, 0.05) is 41.1 Å². The van der Waals surface area contributed by atoms with Crippen LogP contribution in [0, 0.1) is 0 Å². The van der Waals surface area contributed by atoms with Crippen molar-refractivity contribution in [2.24, 2.45) is 0 Å². The monoisotopic (exact) mass is 573 g/mol. The third kappa shape index (κ3) is 6.86. The minimum atomic E-state index is -0.495. The van der Waals surface area contributed by atoms with Crippen molar-refractivity contribution in [3.8, 4) is 17.0 Å². The molecule has 1 fully saturated rings. The summed E-state index contributed by atoms with van der Waals surface area (Å²) in [5, 5.41) is 17.6. The van der Waals surface area contributed by atoms with E-state index in [9.17, 15) is 9.90 Å². The number of phenolic OH excluding ortho intramolecular Hbond substituents is 1. The number of urea groups is 1. The van der Waals surface area contributed by atoms with Crippen molar-refractivity contribution in [2.75, 3.05) is 13.1 Å². The van der Waals surface area contributed by atoms with E-state index in [1.165, 1.54) is 0 Å². The highest BCUT2D eigenvalue weighted by Crippen LogP contribution is 2.42. The summed E-state index contributed by atoms with van der Waals surface area (Å²) in [5.41, 5.74) is 6.20. The zero-order valence-electron chi connectivity index (χ0n) is 26.3. The molecule has 0 unspecified atom stereocenters. The van der Waals surface area contributed by atoms with Crippen molar-refractivity contribution in [3.05, 3.63) is 75.6 Å². The molecule has 3 aromatic rings. The molecule has 220 valence electrons. The minimum absolute atomic E-state index is 0.0254. The van der Waals surface area contributed by atoms with E-state index in [4.69, 9.17) is 4.98 Å². The van der Waals surface area contributed by atoms with Gasteiger partial charge in [-0.25, -0.2) is 9.78 Å². The Kier molecular flexibility index (Phi) is 8.48. The summed E-state index contributed by atoms with van der Waals surface area (Å²) in [4.78, 5) is 20.3. The van der Waals surface area contributed by atoms with Gasteiger partial charge in [-0.1, -0.05) is 71.9 Å². The summed E-state index contributed by atoms with van der Waals surface area (Å²) in [7, 11) is 0. The Labute approximate surface area is 250 Å². The van der Waals surface area contributed by atoms with Crippen LogP contribution in [0.3, 0.4) is 0 Å². The fourth-order valence-corrected chi connectivity index (χ4v) is 6.46. The number of rotatable bonds is 5. The first-order valence-electron chi connectivity index (χ1n) is 14.6. The van der Waals surface area contributed by atoms with Crippen LogP contribution in [-0.4, -0.2) is 34.1 Å².